The van der Waals surface area contributed by atoms with Crippen LogP contribution >= 0.6 is 46.2 Å². The fourth-order valence-corrected chi connectivity index (χ4v) is 7.38. The van der Waals surface area contributed by atoms with E-state index >= 15 is 0 Å². The van der Waals surface area contributed by atoms with Crippen LogP contribution in [0, 0.1) is 0 Å². The lowest BCUT2D eigenvalue weighted by Gasteiger charge is -2.13. The van der Waals surface area contributed by atoms with Crippen molar-refractivity contribution in [3.63, 3.8) is 0 Å². The highest BCUT2D eigenvalue weighted by Crippen LogP contribution is 2.31. The number of benzene rings is 2. The highest BCUT2D eigenvalue weighted by atomic mass is 32.2. The smallest absolute Gasteiger partial charge is 0.0991 e. The van der Waals surface area contributed by atoms with Crippen LogP contribution in [0.5, 0.6) is 0 Å². The van der Waals surface area contributed by atoms with Gasteiger partial charge in [-0.3, -0.25) is 0 Å². The molecular weight excluding hydrogens is 561 g/mol. The summed E-state index contributed by atoms with van der Waals surface area (Å²) in [5.74, 6) is 3.02. The van der Waals surface area contributed by atoms with E-state index in [9.17, 15) is 0 Å². The maximum Gasteiger partial charge on any atom is 0.0991 e. The second-order valence-electron chi connectivity index (χ2n) is 8.72. The number of hydrogen-bond donors (Lipinski definition) is 0. The molecule has 4 heterocycles. The van der Waals surface area contributed by atoms with Crippen molar-refractivity contribution in [2.75, 3.05) is 11.9 Å². The molecule has 5 nitrogen and oxygen atoms in total. The Morgan fingerprint density at radius 2 is 1.18 bits per heavy atom. The summed E-state index contributed by atoms with van der Waals surface area (Å²) in [5.41, 5.74) is 7.37. The second kappa shape index (κ2) is 12.8. The molecular formula is C30H26N4OS4. The molecule has 0 saturated heterocycles. The molecule has 0 unspecified atom stereocenters. The SMILES string of the molecule is c1csc(-c2ccc(-n3ccnc3)c(CSCOCSCc3cc(-c4cccs4)ccc3-n3ccnc3)c2)c1. The summed E-state index contributed by atoms with van der Waals surface area (Å²) in [6.07, 6.45) is 11.3. The van der Waals surface area contributed by atoms with Crippen LogP contribution in [0.4, 0.5) is 0 Å². The number of nitrogens with zero attached hydrogens (tertiary/aromatic N) is 4. The predicted octanol–water partition coefficient (Wildman–Crippen LogP) is 8.61. The van der Waals surface area contributed by atoms with Crippen LogP contribution in [0.2, 0.25) is 0 Å². The van der Waals surface area contributed by atoms with E-state index in [0.29, 0.717) is 11.9 Å². The largest absolute Gasteiger partial charge is 0.360 e. The Morgan fingerprint density at radius 1 is 0.667 bits per heavy atom. The minimum Gasteiger partial charge on any atom is -0.360 e. The molecule has 39 heavy (non-hydrogen) atoms. The van der Waals surface area contributed by atoms with Gasteiger partial charge in [0, 0.05) is 46.0 Å². The van der Waals surface area contributed by atoms with Crippen LogP contribution in [0.25, 0.3) is 32.3 Å². The van der Waals surface area contributed by atoms with Gasteiger partial charge in [0.25, 0.3) is 0 Å². The lowest BCUT2D eigenvalue weighted by molar-refractivity contribution is 0.240. The van der Waals surface area contributed by atoms with Crippen LogP contribution in [-0.2, 0) is 16.2 Å². The van der Waals surface area contributed by atoms with Crippen LogP contribution in [-0.4, -0.2) is 31.0 Å². The number of rotatable bonds is 12. The maximum absolute atomic E-state index is 6.03. The van der Waals surface area contributed by atoms with Gasteiger partial charge in [-0.15, -0.1) is 46.2 Å². The first kappa shape index (κ1) is 26.2. The van der Waals surface area contributed by atoms with Crippen molar-refractivity contribution in [2.24, 2.45) is 0 Å². The Labute approximate surface area is 244 Å². The monoisotopic (exact) mass is 586 g/mol. The molecule has 0 N–H and O–H groups in total. The molecule has 4 aromatic heterocycles. The molecule has 0 spiro atoms. The first-order valence-corrected chi connectivity index (χ1v) is 16.5. The van der Waals surface area contributed by atoms with Crippen molar-refractivity contribution in [3.05, 3.63) is 120 Å². The fourth-order valence-electron chi connectivity index (χ4n) is 4.36. The molecule has 0 aliphatic carbocycles. The first-order chi connectivity index (χ1) is 19.3. The highest BCUT2D eigenvalue weighted by molar-refractivity contribution is 7.99. The van der Waals surface area contributed by atoms with Gasteiger partial charge in [0.1, 0.15) is 0 Å². The van der Waals surface area contributed by atoms with E-state index < -0.39 is 0 Å². The maximum atomic E-state index is 6.03. The number of thiophene rings is 2. The van der Waals surface area contributed by atoms with Crippen molar-refractivity contribution < 1.29 is 4.74 Å². The van der Waals surface area contributed by atoms with Gasteiger partial charge in [0.2, 0.25) is 0 Å². The molecule has 2 aromatic carbocycles. The van der Waals surface area contributed by atoms with Gasteiger partial charge in [0.15, 0.2) is 0 Å². The third-order valence-corrected chi connectivity index (χ3v) is 9.72. The van der Waals surface area contributed by atoms with Crippen molar-refractivity contribution >= 4 is 46.2 Å². The average molecular weight is 587 g/mol. The standard InChI is InChI=1S/C30H26N4OS4/c1-3-29(38-13-1)23-5-7-27(33-11-9-31-19-33)25(15-23)17-36-21-35-22-37-18-26-16-24(30-4-2-14-39-30)6-8-28(26)34-12-10-32-20-34/h1-16,19-20H,17-18,21-22H2. The average Bonchev–Trinajstić information content (AvgIpc) is 3.79. The molecule has 6 aromatic rings. The minimum atomic E-state index is 0.642. The summed E-state index contributed by atoms with van der Waals surface area (Å²) in [6.45, 7) is 0. The van der Waals surface area contributed by atoms with Gasteiger partial charge in [-0.25, -0.2) is 9.97 Å². The molecule has 0 bridgehead atoms. The van der Waals surface area contributed by atoms with Crippen LogP contribution < -0.4 is 0 Å². The third kappa shape index (κ3) is 6.40. The molecule has 0 saturated carbocycles. The van der Waals surface area contributed by atoms with Gasteiger partial charge in [0.05, 0.1) is 35.9 Å². The summed E-state index contributed by atoms with van der Waals surface area (Å²) >= 11 is 7.12. The predicted molar refractivity (Wildman–Crippen MR) is 167 cm³/mol. The van der Waals surface area contributed by atoms with Crippen molar-refractivity contribution in [3.8, 4) is 32.3 Å². The molecule has 0 radical (unpaired) electrons. The zero-order valence-electron chi connectivity index (χ0n) is 21.1. The normalized spacial score (nSPS) is 11.3. The third-order valence-electron chi connectivity index (χ3n) is 6.18. The summed E-state index contributed by atoms with van der Waals surface area (Å²) in [5, 5.41) is 4.24. The first-order valence-electron chi connectivity index (χ1n) is 12.4. The van der Waals surface area contributed by atoms with Gasteiger partial charge in [-0.05, 0) is 69.4 Å². The Balaban J connectivity index is 1.05. The Morgan fingerprint density at radius 3 is 1.59 bits per heavy atom. The molecule has 196 valence electrons. The second-order valence-corrected chi connectivity index (χ2v) is 12.5. The minimum absolute atomic E-state index is 0.642. The Bertz CT molecular complexity index is 1460. The van der Waals surface area contributed by atoms with Crippen LogP contribution in [0.3, 0.4) is 0 Å². The molecule has 0 fully saturated rings. The van der Waals surface area contributed by atoms with E-state index in [1.807, 2.05) is 37.4 Å². The fraction of sp³-hybridized carbons (Fsp3) is 0.133. The summed E-state index contributed by atoms with van der Waals surface area (Å²) in [6, 6.07) is 21.9. The van der Waals surface area contributed by atoms with E-state index in [1.54, 1.807) is 46.2 Å². The van der Waals surface area contributed by atoms with Gasteiger partial charge in [-0.1, -0.05) is 24.3 Å². The lowest BCUT2D eigenvalue weighted by atomic mass is 10.1. The summed E-state index contributed by atoms with van der Waals surface area (Å²) in [4.78, 5) is 11.0. The van der Waals surface area contributed by atoms with E-state index in [-0.39, 0.29) is 0 Å². The Hall–Kier alpha value is -3.08. The number of ether oxygens (including phenoxy) is 1. The molecule has 0 aliphatic heterocycles. The summed E-state index contributed by atoms with van der Waals surface area (Å²) in [7, 11) is 0. The van der Waals surface area contributed by atoms with Gasteiger partial charge in [-0.2, -0.15) is 0 Å². The number of thioether (sulfide) groups is 2. The van der Waals surface area contributed by atoms with E-state index in [4.69, 9.17) is 4.74 Å². The van der Waals surface area contributed by atoms with Crippen LogP contribution in [0.15, 0.2) is 109 Å². The quantitative estimate of drug-likeness (QED) is 0.106. The number of imidazole rings is 2. The van der Waals surface area contributed by atoms with Crippen LogP contribution in [0.1, 0.15) is 11.1 Å². The molecule has 9 heteroatoms. The van der Waals surface area contributed by atoms with Gasteiger partial charge >= 0.3 is 0 Å². The topological polar surface area (TPSA) is 44.9 Å². The molecule has 0 amide bonds. The highest BCUT2D eigenvalue weighted by Gasteiger charge is 2.10. The Kier molecular flexibility index (Phi) is 8.62. The van der Waals surface area contributed by atoms with Crippen molar-refractivity contribution in [1.82, 2.24) is 19.1 Å². The van der Waals surface area contributed by atoms with Crippen molar-refractivity contribution in [2.45, 2.75) is 11.5 Å². The molecule has 0 atom stereocenters. The van der Waals surface area contributed by atoms with Crippen molar-refractivity contribution in [1.29, 1.82) is 0 Å². The number of hydrogen-bond acceptors (Lipinski definition) is 7. The number of aromatic nitrogens is 4. The lowest BCUT2D eigenvalue weighted by Crippen LogP contribution is -1.99. The van der Waals surface area contributed by atoms with E-state index in [0.717, 1.165) is 22.9 Å². The zero-order valence-corrected chi connectivity index (χ0v) is 24.3. The van der Waals surface area contributed by atoms with E-state index in [1.165, 1.54) is 32.0 Å². The van der Waals surface area contributed by atoms with Gasteiger partial charge < -0.3 is 13.9 Å². The summed E-state index contributed by atoms with van der Waals surface area (Å²) < 4.78 is 10.2. The molecule has 6 rings (SSSR count). The zero-order chi connectivity index (χ0) is 26.3. The molecule has 0 aliphatic rings. The van der Waals surface area contributed by atoms with E-state index in [2.05, 4.69) is 90.5 Å².